The smallest absolute Gasteiger partial charge is 0.129 e. The minimum atomic E-state index is 0.712. The quantitative estimate of drug-likeness (QED) is 0.864. The SMILES string of the molecule is Cc1cc(CNC2CC2)cc(N(C)C2CCC2)n1. The van der Waals surface area contributed by atoms with Gasteiger partial charge in [-0.1, -0.05) is 0 Å². The number of hydrogen-bond donors (Lipinski definition) is 1. The van der Waals surface area contributed by atoms with E-state index in [1.54, 1.807) is 0 Å². The van der Waals surface area contributed by atoms with Crippen LogP contribution in [-0.4, -0.2) is 24.1 Å². The fraction of sp³-hybridized carbons (Fsp3) is 0.667. The van der Waals surface area contributed by atoms with E-state index in [0.29, 0.717) is 6.04 Å². The van der Waals surface area contributed by atoms with Crippen molar-refractivity contribution in [1.29, 1.82) is 0 Å². The third-order valence-corrected chi connectivity index (χ3v) is 4.16. The minimum Gasteiger partial charge on any atom is -0.357 e. The van der Waals surface area contributed by atoms with Crippen molar-refractivity contribution in [3.8, 4) is 0 Å². The van der Waals surface area contributed by atoms with Crippen molar-refractivity contribution < 1.29 is 0 Å². The fourth-order valence-electron chi connectivity index (χ4n) is 2.51. The summed E-state index contributed by atoms with van der Waals surface area (Å²) >= 11 is 0. The van der Waals surface area contributed by atoms with E-state index < -0.39 is 0 Å². The van der Waals surface area contributed by atoms with Gasteiger partial charge in [-0.25, -0.2) is 4.98 Å². The van der Waals surface area contributed by atoms with Crippen LogP contribution in [-0.2, 0) is 6.54 Å². The Morgan fingerprint density at radius 1 is 1.28 bits per heavy atom. The summed E-state index contributed by atoms with van der Waals surface area (Å²) in [5, 5.41) is 3.58. The number of hydrogen-bond acceptors (Lipinski definition) is 3. The second kappa shape index (κ2) is 4.88. The second-order valence-electron chi connectivity index (χ2n) is 5.83. The Morgan fingerprint density at radius 2 is 2.06 bits per heavy atom. The molecule has 0 aromatic carbocycles. The van der Waals surface area contributed by atoms with Crippen LogP contribution in [0.4, 0.5) is 5.82 Å². The van der Waals surface area contributed by atoms with Gasteiger partial charge in [-0.15, -0.1) is 0 Å². The molecule has 0 saturated heterocycles. The average Bonchev–Trinajstić information content (AvgIpc) is 3.07. The monoisotopic (exact) mass is 245 g/mol. The molecule has 0 aliphatic heterocycles. The lowest BCUT2D eigenvalue weighted by Gasteiger charge is -2.35. The normalized spacial score (nSPS) is 19.7. The average molecular weight is 245 g/mol. The lowest BCUT2D eigenvalue weighted by Crippen LogP contribution is -2.37. The van der Waals surface area contributed by atoms with Crippen molar-refractivity contribution in [2.45, 2.75) is 57.7 Å². The summed E-state index contributed by atoms with van der Waals surface area (Å²) in [4.78, 5) is 7.04. The largest absolute Gasteiger partial charge is 0.357 e. The molecule has 18 heavy (non-hydrogen) atoms. The van der Waals surface area contributed by atoms with E-state index in [0.717, 1.165) is 24.1 Å². The molecule has 2 aliphatic rings. The van der Waals surface area contributed by atoms with Gasteiger partial charge < -0.3 is 10.2 Å². The van der Waals surface area contributed by atoms with Gasteiger partial charge >= 0.3 is 0 Å². The molecule has 1 heterocycles. The first-order valence-electron chi connectivity index (χ1n) is 7.16. The molecule has 0 radical (unpaired) electrons. The maximum Gasteiger partial charge on any atom is 0.129 e. The molecule has 1 aromatic heterocycles. The molecule has 0 bridgehead atoms. The number of pyridine rings is 1. The van der Waals surface area contributed by atoms with Crippen LogP contribution < -0.4 is 10.2 Å². The van der Waals surface area contributed by atoms with Crippen molar-refractivity contribution in [3.05, 3.63) is 23.4 Å². The summed E-state index contributed by atoms with van der Waals surface area (Å²) in [6, 6.07) is 5.93. The maximum absolute atomic E-state index is 4.68. The van der Waals surface area contributed by atoms with Gasteiger partial charge in [-0.3, -0.25) is 0 Å². The minimum absolute atomic E-state index is 0.712. The summed E-state index contributed by atoms with van der Waals surface area (Å²) in [7, 11) is 2.18. The standard InChI is InChI=1S/C15H23N3/c1-11-8-12(10-16-13-6-7-13)9-15(17-11)18(2)14-4-3-5-14/h8-9,13-14,16H,3-7,10H2,1-2H3. The van der Waals surface area contributed by atoms with E-state index >= 15 is 0 Å². The molecule has 0 amide bonds. The highest BCUT2D eigenvalue weighted by Crippen LogP contribution is 2.28. The van der Waals surface area contributed by atoms with Gasteiger partial charge in [0.2, 0.25) is 0 Å². The predicted octanol–water partition coefficient (Wildman–Crippen LogP) is 2.63. The molecule has 2 saturated carbocycles. The molecule has 98 valence electrons. The Kier molecular flexibility index (Phi) is 3.25. The Morgan fingerprint density at radius 3 is 2.67 bits per heavy atom. The van der Waals surface area contributed by atoms with Crippen LogP contribution >= 0.6 is 0 Å². The van der Waals surface area contributed by atoms with Crippen LogP contribution in [0.2, 0.25) is 0 Å². The molecule has 3 heteroatoms. The molecule has 1 N–H and O–H groups in total. The van der Waals surface area contributed by atoms with Crippen LogP contribution in [0.1, 0.15) is 43.4 Å². The van der Waals surface area contributed by atoms with E-state index in [1.165, 1.54) is 37.7 Å². The zero-order valence-electron chi connectivity index (χ0n) is 11.4. The topological polar surface area (TPSA) is 28.2 Å². The van der Waals surface area contributed by atoms with Crippen LogP contribution in [0.25, 0.3) is 0 Å². The first-order chi connectivity index (χ1) is 8.72. The van der Waals surface area contributed by atoms with Crippen LogP contribution in [0, 0.1) is 6.92 Å². The van der Waals surface area contributed by atoms with Gasteiger partial charge in [0.25, 0.3) is 0 Å². The molecule has 3 rings (SSSR count). The van der Waals surface area contributed by atoms with E-state index in [2.05, 4.69) is 41.3 Å². The van der Waals surface area contributed by atoms with Crippen LogP contribution in [0.3, 0.4) is 0 Å². The van der Waals surface area contributed by atoms with Gasteiger partial charge in [-0.05, 0) is 56.7 Å². The number of nitrogens with zero attached hydrogens (tertiary/aromatic N) is 2. The lowest BCUT2D eigenvalue weighted by atomic mass is 9.92. The Balaban J connectivity index is 1.71. The molecule has 0 unspecified atom stereocenters. The number of nitrogens with one attached hydrogen (secondary N) is 1. The van der Waals surface area contributed by atoms with Crippen LogP contribution in [0.15, 0.2) is 12.1 Å². The molecule has 0 spiro atoms. The number of rotatable bonds is 5. The van der Waals surface area contributed by atoms with E-state index in [9.17, 15) is 0 Å². The highest BCUT2D eigenvalue weighted by Gasteiger charge is 2.24. The summed E-state index contributed by atoms with van der Waals surface area (Å²) < 4.78 is 0. The zero-order chi connectivity index (χ0) is 12.5. The Labute approximate surface area is 110 Å². The Bertz CT molecular complexity index is 422. The number of aromatic nitrogens is 1. The Hall–Kier alpha value is -1.09. The fourth-order valence-corrected chi connectivity index (χ4v) is 2.51. The first-order valence-corrected chi connectivity index (χ1v) is 7.16. The van der Waals surface area contributed by atoms with Crippen molar-refractivity contribution in [1.82, 2.24) is 10.3 Å². The van der Waals surface area contributed by atoms with E-state index in [1.807, 2.05) is 0 Å². The lowest BCUT2D eigenvalue weighted by molar-refractivity contribution is 0.399. The maximum atomic E-state index is 4.68. The molecule has 2 fully saturated rings. The van der Waals surface area contributed by atoms with E-state index in [-0.39, 0.29) is 0 Å². The molecule has 0 atom stereocenters. The summed E-state index contributed by atoms with van der Waals surface area (Å²) in [6.45, 7) is 3.08. The molecule has 1 aromatic rings. The van der Waals surface area contributed by atoms with Crippen molar-refractivity contribution in [2.75, 3.05) is 11.9 Å². The van der Waals surface area contributed by atoms with Gasteiger partial charge in [0.1, 0.15) is 5.82 Å². The second-order valence-corrected chi connectivity index (χ2v) is 5.83. The van der Waals surface area contributed by atoms with Crippen LogP contribution in [0.5, 0.6) is 0 Å². The third-order valence-electron chi connectivity index (χ3n) is 4.16. The van der Waals surface area contributed by atoms with E-state index in [4.69, 9.17) is 0 Å². The zero-order valence-corrected chi connectivity index (χ0v) is 11.4. The van der Waals surface area contributed by atoms with Gasteiger partial charge in [0, 0.05) is 31.4 Å². The highest BCUT2D eigenvalue weighted by molar-refractivity contribution is 5.43. The molecule has 3 nitrogen and oxygen atoms in total. The van der Waals surface area contributed by atoms with Crippen molar-refractivity contribution >= 4 is 5.82 Å². The molecular weight excluding hydrogens is 222 g/mol. The summed E-state index contributed by atoms with van der Waals surface area (Å²) in [6.07, 6.45) is 6.71. The number of anilines is 1. The number of aryl methyl sites for hydroxylation is 1. The van der Waals surface area contributed by atoms with Gasteiger partial charge in [-0.2, -0.15) is 0 Å². The predicted molar refractivity (Wildman–Crippen MR) is 74.9 cm³/mol. The van der Waals surface area contributed by atoms with Gasteiger partial charge in [0.05, 0.1) is 0 Å². The first kappa shape index (κ1) is 12.0. The molecule has 2 aliphatic carbocycles. The highest BCUT2D eigenvalue weighted by atomic mass is 15.2. The third kappa shape index (κ3) is 2.66. The van der Waals surface area contributed by atoms with Crippen molar-refractivity contribution in [3.63, 3.8) is 0 Å². The summed E-state index contributed by atoms with van der Waals surface area (Å²) in [5.41, 5.74) is 2.50. The van der Waals surface area contributed by atoms with Gasteiger partial charge in [0.15, 0.2) is 0 Å². The molecular formula is C15H23N3. The van der Waals surface area contributed by atoms with Crippen molar-refractivity contribution in [2.24, 2.45) is 0 Å². The summed E-state index contributed by atoms with van der Waals surface area (Å²) in [5.74, 6) is 1.15.